The first-order valence-corrected chi connectivity index (χ1v) is 8.85. The zero-order chi connectivity index (χ0) is 18.3. The van der Waals surface area contributed by atoms with E-state index in [1.54, 1.807) is 4.90 Å². The van der Waals surface area contributed by atoms with E-state index in [4.69, 9.17) is 0 Å². The van der Waals surface area contributed by atoms with Crippen molar-refractivity contribution in [1.29, 1.82) is 0 Å². The van der Waals surface area contributed by atoms with Crippen LogP contribution in [-0.2, 0) is 0 Å². The highest BCUT2D eigenvalue weighted by atomic mass is 19.2. The van der Waals surface area contributed by atoms with Crippen molar-refractivity contribution in [3.63, 3.8) is 0 Å². The minimum absolute atomic E-state index is 0.115. The van der Waals surface area contributed by atoms with Gasteiger partial charge in [0.1, 0.15) is 0 Å². The number of carbonyl (C=O) groups is 1. The second-order valence-corrected chi connectivity index (χ2v) is 6.95. The van der Waals surface area contributed by atoms with E-state index < -0.39 is 17.7 Å². The molecule has 5 heteroatoms. The molecule has 2 amide bonds. The molecule has 2 aliphatic rings. The Morgan fingerprint density at radius 3 is 2.46 bits per heavy atom. The number of rotatable bonds is 4. The van der Waals surface area contributed by atoms with Crippen LogP contribution in [0, 0.1) is 17.6 Å². The summed E-state index contributed by atoms with van der Waals surface area (Å²) < 4.78 is 27.0. The van der Waals surface area contributed by atoms with Gasteiger partial charge >= 0.3 is 6.03 Å². The van der Waals surface area contributed by atoms with Gasteiger partial charge in [-0.1, -0.05) is 36.4 Å². The van der Waals surface area contributed by atoms with E-state index in [9.17, 15) is 13.6 Å². The van der Waals surface area contributed by atoms with Gasteiger partial charge in [0.25, 0.3) is 0 Å². The van der Waals surface area contributed by atoms with Gasteiger partial charge in [-0.05, 0) is 54.5 Å². The van der Waals surface area contributed by atoms with Crippen molar-refractivity contribution in [2.75, 3.05) is 0 Å². The van der Waals surface area contributed by atoms with Crippen LogP contribution in [0.1, 0.15) is 43.0 Å². The van der Waals surface area contributed by atoms with Crippen molar-refractivity contribution < 1.29 is 13.6 Å². The Hall–Kier alpha value is -2.69. The summed E-state index contributed by atoms with van der Waals surface area (Å²) >= 11 is 0. The normalized spacial score (nSPS) is 21.2. The summed E-state index contributed by atoms with van der Waals surface area (Å²) in [6, 6.07) is 12.9. The van der Waals surface area contributed by atoms with Gasteiger partial charge in [0.05, 0.1) is 12.1 Å². The Bertz CT molecular complexity index is 862. The van der Waals surface area contributed by atoms with E-state index in [2.05, 4.69) is 5.32 Å². The first-order chi connectivity index (χ1) is 12.5. The topological polar surface area (TPSA) is 32.3 Å². The van der Waals surface area contributed by atoms with Gasteiger partial charge in [-0.25, -0.2) is 13.6 Å². The van der Waals surface area contributed by atoms with Crippen LogP contribution in [0.2, 0.25) is 0 Å². The Labute approximate surface area is 151 Å². The molecule has 3 nitrogen and oxygen atoms in total. The second kappa shape index (κ2) is 6.56. The number of urea groups is 1. The number of hydrogen-bond donors (Lipinski definition) is 1. The van der Waals surface area contributed by atoms with E-state index in [1.807, 2.05) is 43.5 Å². The maximum Gasteiger partial charge on any atom is 0.322 e. The average Bonchev–Trinajstić information content (AvgIpc) is 3.49. The molecule has 0 aromatic heterocycles. The van der Waals surface area contributed by atoms with E-state index in [1.165, 1.54) is 12.1 Å². The van der Waals surface area contributed by atoms with Crippen LogP contribution in [0.15, 0.2) is 60.3 Å². The average molecular weight is 354 g/mol. The number of benzene rings is 2. The van der Waals surface area contributed by atoms with Crippen LogP contribution in [0.25, 0.3) is 0 Å². The minimum atomic E-state index is -0.896. The fourth-order valence-electron chi connectivity index (χ4n) is 3.48. The Morgan fingerprint density at radius 1 is 1.08 bits per heavy atom. The van der Waals surface area contributed by atoms with Crippen molar-refractivity contribution in [1.82, 2.24) is 10.2 Å². The van der Waals surface area contributed by atoms with Gasteiger partial charge in [-0.2, -0.15) is 0 Å². The molecule has 1 saturated carbocycles. The van der Waals surface area contributed by atoms with Gasteiger partial charge in [0, 0.05) is 6.20 Å². The molecule has 26 heavy (non-hydrogen) atoms. The molecule has 2 aromatic rings. The summed E-state index contributed by atoms with van der Waals surface area (Å²) in [6.45, 7) is 1.98. The zero-order valence-electron chi connectivity index (χ0n) is 14.5. The molecule has 134 valence electrons. The maximum atomic E-state index is 13.7. The standard InChI is InChI=1S/C21H20F2N2O/c1-13(14-5-3-2-4-6-14)25-12-17(15-7-8-15)20(24-21(25)26)16-9-10-18(22)19(23)11-16/h2-6,9-13,15,20H,7-8H2,1H3,(H,24,26). The lowest BCUT2D eigenvalue weighted by Gasteiger charge is -2.36. The molecule has 4 rings (SSSR count). The molecule has 1 aliphatic carbocycles. The fourth-order valence-corrected chi connectivity index (χ4v) is 3.48. The van der Waals surface area contributed by atoms with Crippen molar-refractivity contribution in [2.45, 2.75) is 31.8 Å². The molecule has 0 saturated heterocycles. The molecule has 2 atom stereocenters. The van der Waals surface area contributed by atoms with Gasteiger partial charge in [-0.15, -0.1) is 0 Å². The molecule has 1 aliphatic heterocycles. The monoisotopic (exact) mass is 354 g/mol. The molecular weight excluding hydrogens is 334 g/mol. The zero-order valence-corrected chi connectivity index (χ0v) is 14.5. The third kappa shape index (κ3) is 3.09. The fraction of sp³-hybridized carbons (Fsp3) is 0.286. The smallest absolute Gasteiger partial charge is 0.322 e. The Balaban J connectivity index is 1.69. The minimum Gasteiger partial charge on any atom is -0.327 e. The largest absolute Gasteiger partial charge is 0.327 e. The lowest BCUT2D eigenvalue weighted by Crippen LogP contribution is -2.45. The summed E-state index contributed by atoms with van der Waals surface area (Å²) in [5, 5.41) is 2.98. The summed E-state index contributed by atoms with van der Waals surface area (Å²) in [4.78, 5) is 14.4. The lowest BCUT2D eigenvalue weighted by atomic mass is 9.93. The number of carbonyl (C=O) groups excluding carboxylic acids is 1. The van der Waals surface area contributed by atoms with Crippen LogP contribution in [0.4, 0.5) is 13.6 Å². The molecule has 1 heterocycles. The lowest BCUT2D eigenvalue weighted by molar-refractivity contribution is 0.194. The highest BCUT2D eigenvalue weighted by Gasteiger charge is 2.38. The molecule has 0 bridgehead atoms. The van der Waals surface area contributed by atoms with Crippen molar-refractivity contribution >= 4 is 6.03 Å². The van der Waals surface area contributed by atoms with E-state index in [0.29, 0.717) is 11.5 Å². The third-order valence-corrected chi connectivity index (χ3v) is 5.15. The van der Waals surface area contributed by atoms with Crippen LogP contribution >= 0.6 is 0 Å². The number of nitrogens with zero attached hydrogens (tertiary/aromatic N) is 1. The predicted molar refractivity (Wildman–Crippen MR) is 95.1 cm³/mol. The molecule has 2 unspecified atom stereocenters. The quantitative estimate of drug-likeness (QED) is 0.815. The predicted octanol–water partition coefficient (Wildman–Crippen LogP) is 5.09. The first-order valence-electron chi connectivity index (χ1n) is 8.85. The number of halogens is 2. The van der Waals surface area contributed by atoms with Crippen molar-refractivity contribution in [2.24, 2.45) is 5.92 Å². The molecule has 0 spiro atoms. The van der Waals surface area contributed by atoms with Crippen molar-refractivity contribution in [3.8, 4) is 0 Å². The van der Waals surface area contributed by atoms with E-state index >= 15 is 0 Å². The SMILES string of the molecule is CC(c1ccccc1)N1C=C(C2CC2)C(c2ccc(F)c(F)c2)NC1=O. The molecule has 2 aromatic carbocycles. The number of amides is 2. The summed E-state index contributed by atoms with van der Waals surface area (Å²) in [5.74, 6) is -1.40. The summed E-state index contributed by atoms with van der Waals surface area (Å²) in [6.07, 6.45) is 4.00. The van der Waals surface area contributed by atoms with Crippen molar-refractivity contribution in [3.05, 3.63) is 83.1 Å². The van der Waals surface area contributed by atoms with E-state index in [-0.39, 0.29) is 12.1 Å². The van der Waals surface area contributed by atoms with Crippen LogP contribution < -0.4 is 5.32 Å². The number of nitrogens with one attached hydrogen (secondary N) is 1. The number of hydrogen-bond acceptors (Lipinski definition) is 1. The maximum absolute atomic E-state index is 13.7. The summed E-state index contributed by atoms with van der Waals surface area (Å²) in [5.41, 5.74) is 2.67. The molecular formula is C21H20F2N2O. The van der Waals surface area contributed by atoms with Crippen LogP contribution in [-0.4, -0.2) is 10.9 Å². The molecule has 1 fully saturated rings. The third-order valence-electron chi connectivity index (χ3n) is 5.15. The van der Waals surface area contributed by atoms with Crippen LogP contribution in [0.5, 0.6) is 0 Å². The highest BCUT2D eigenvalue weighted by molar-refractivity contribution is 5.78. The van der Waals surface area contributed by atoms with Gasteiger partial charge in [-0.3, -0.25) is 4.90 Å². The first kappa shape index (κ1) is 16.8. The molecule has 0 radical (unpaired) electrons. The second-order valence-electron chi connectivity index (χ2n) is 6.95. The highest BCUT2D eigenvalue weighted by Crippen LogP contribution is 2.45. The Kier molecular flexibility index (Phi) is 4.23. The molecule has 1 N–H and O–H groups in total. The Morgan fingerprint density at radius 2 is 1.81 bits per heavy atom. The van der Waals surface area contributed by atoms with Gasteiger partial charge in [0.2, 0.25) is 0 Å². The summed E-state index contributed by atoms with van der Waals surface area (Å²) in [7, 11) is 0. The van der Waals surface area contributed by atoms with E-state index in [0.717, 1.165) is 30.0 Å². The van der Waals surface area contributed by atoms with Gasteiger partial charge < -0.3 is 5.32 Å². The van der Waals surface area contributed by atoms with Crippen LogP contribution in [0.3, 0.4) is 0 Å². The van der Waals surface area contributed by atoms with Gasteiger partial charge in [0.15, 0.2) is 11.6 Å².